The molecule has 3 N–H and O–H groups in total. The van der Waals surface area contributed by atoms with Gasteiger partial charge in [-0.3, -0.25) is 4.79 Å². The van der Waals surface area contributed by atoms with E-state index in [-0.39, 0.29) is 18.1 Å². The summed E-state index contributed by atoms with van der Waals surface area (Å²) in [6.07, 6.45) is 3.16. The second-order valence-electron chi connectivity index (χ2n) is 5.07. The lowest BCUT2D eigenvalue weighted by molar-refractivity contribution is 0.0850. The van der Waals surface area contributed by atoms with E-state index in [1.807, 2.05) is 31.2 Å². The van der Waals surface area contributed by atoms with Gasteiger partial charge >= 0.3 is 0 Å². The first-order valence-electron chi connectivity index (χ1n) is 7.02. The summed E-state index contributed by atoms with van der Waals surface area (Å²) in [6.45, 7) is 2.79. The molecule has 2 unspecified atom stereocenters. The van der Waals surface area contributed by atoms with E-state index in [0.29, 0.717) is 12.0 Å². The molecule has 19 heavy (non-hydrogen) atoms. The molecule has 0 saturated heterocycles. The van der Waals surface area contributed by atoms with Gasteiger partial charge in [-0.2, -0.15) is 0 Å². The van der Waals surface area contributed by atoms with Gasteiger partial charge in [-0.15, -0.1) is 0 Å². The van der Waals surface area contributed by atoms with Crippen LogP contribution in [-0.4, -0.2) is 29.7 Å². The topological polar surface area (TPSA) is 61.4 Å². The molecular weight excluding hydrogens is 240 g/mol. The zero-order valence-electron chi connectivity index (χ0n) is 11.4. The van der Waals surface area contributed by atoms with Crippen LogP contribution in [0.1, 0.15) is 43.0 Å². The Morgan fingerprint density at radius 3 is 2.89 bits per heavy atom. The number of aliphatic hydroxyl groups is 1. The highest BCUT2D eigenvalue weighted by atomic mass is 16.3. The van der Waals surface area contributed by atoms with Crippen LogP contribution in [0, 0.1) is 0 Å². The number of rotatable bonds is 4. The molecule has 0 aromatic heterocycles. The van der Waals surface area contributed by atoms with Gasteiger partial charge in [0, 0.05) is 18.3 Å². The Labute approximate surface area is 114 Å². The van der Waals surface area contributed by atoms with E-state index in [0.717, 1.165) is 31.5 Å². The van der Waals surface area contributed by atoms with Crippen LogP contribution in [0.5, 0.6) is 0 Å². The van der Waals surface area contributed by atoms with Gasteiger partial charge in [0.05, 0.1) is 11.7 Å². The lowest BCUT2D eigenvalue weighted by Crippen LogP contribution is -2.40. The third-order valence-corrected chi connectivity index (χ3v) is 3.52. The highest BCUT2D eigenvalue weighted by Gasteiger charge is 2.22. The van der Waals surface area contributed by atoms with E-state index in [1.165, 1.54) is 0 Å². The van der Waals surface area contributed by atoms with Crippen LogP contribution >= 0.6 is 0 Å². The molecular formula is C15H22N2O2. The Bertz CT molecular complexity index is 434. The van der Waals surface area contributed by atoms with E-state index in [2.05, 4.69) is 10.6 Å². The summed E-state index contributed by atoms with van der Waals surface area (Å²) in [4.78, 5) is 12.3. The van der Waals surface area contributed by atoms with Crippen molar-refractivity contribution in [1.29, 1.82) is 0 Å². The van der Waals surface area contributed by atoms with Crippen molar-refractivity contribution in [3.63, 3.8) is 0 Å². The molecule has 2 atom stereocenters. The number of hydrogen-bond donors (Lipinski definition) is 3. The van der Waals surface area contributed by atoms with Crippen molar-refractivity contribution in [2.45, 2.75) is 44.8 Å². The third kappa shape index (κ3) is 3.70. The molecule has 0 aliphatic heterocycles. The van der Waals surface area contributed by atoms with Gasteiger partial charge in [0.15, 0.2) is 0 Å². The summed E-state index contributed by atoms with van der Waals surface area (Å²) < 4.78 is 0. The molecule has 4 heteroatoms. The van der Waals surface area contributed by atoms with Gasteiger partial charge in [0.2, 0.25) is 0 Å². The van der Waals surface area contributed by atoms with Crippen LogP contribution in [0.15, 0.2) is 24.3 Å². The second-order valence-corrected chi connectivity index (χ2v) is 5.07. The predicted molar refractivity (Wildman–Crippen MR) is 76.3 cm³/mol. The number of hydrogen-bond acceptors (Lipinski definition) is 3. The minimum absolute atomic E-state index is 0.0596. The smallest absolute Gasteiger partial charge is 0.253 e. The highest BCUT2D eigenvalue weighted by molar-refractivity contribution is 5.99. The predicted octanol–water partition coefficient (Wildman–Crippen LogP) is 2.15. The quantitative estimate of drug-likeness (QED) is 0.779. The fraction of sp³-hybridized carbons (Fsp3) is 0.533. The first-order chi connectivity index (χ1) is 9.20. The van der Waals surface area contributed by atoms with Crippen LogP contribution in [0.4, 0.5) is 5.69 Å². The maximum absolute atomic E-state index is 12.3. The fourth-order valence-corrected chi connectivity index (χ4v) is 2.58. The molecule has 1 aromatic carbocycles. The number of aliphatic hydroxyl groups excluding tert-OH is 1. The van der Waals surface area contributed by atoms with Crippen molar-refractivity contribution in [1.82, 2.24) is 5.32 Å². The molecule has 1 saturated carbocycles. The highest BCUT2D eigenvalue weighted by Crippen LogP contribution is 2.20. The van der Waals surface area contributed by atoms with Crippen molar-refractivity contribution >= 4 is 11.6 Å². The summed E-state index contributed by atoms with van der Waals surface area (Å²) in [5.74, 6) is -0.0596. The minimum Gasteiger partial charge on any atom is -0.393 e. The Balaban J connectivity index is 2.03. The summed E-state index contributed by atoms with van der Waals surface area (Å²) in [6, 6.07) is 7.61. The minimum atomic E-state index is -0.275. The van der Waals surface area contributed by atoms with Gasteiger partial charge in [0.1, 0.15) is 0 Å². The standard InChI is InChI=1S/C15H22N2O2/c1-2-16-14-9-4-3-8-13(14)15(19)17-11-6-5-7-12(18)10-11/h3-4,8-9,11-12,16,18H,2,5-7,10H2,1H3,(H,17,19). The summed E-state index contributed by atoms with van der Waals surface area (Å²) in [7, 11) is 0. The van der Waals surface area contributed by atoms with Gasteiger partial charge in [0.25, 0.3) is 5.91 Å². The number of carbonyl (C=O) groups excluding carboxylic acids is 1. The van der Waals surface area contributed by atoms with Crippen LogP contribution in [0.2, 0.25) is 0 Å². The largest absolute Gasteiger partial charge is 0.393 e. The molecule has 1 fully saturated rings. The molecule has 2 rings (SSSR count). The monoisotopic (exact) mass is 262 g/mol. The molecule has 0 bridgehead atoms. The Morgan fingerprint density at radius 2 is 2.16 bits per heavy atom. The van der Waals surface area contributed by atoms with Crippen molar-refractivity contribution in [3.05, 3.63) is 29.8 Å². The molecule has 1 aliphatic carbocycles. The average molecular weight is 262 g/mol. The van der Waals surface area contributed by atoms with Crippen LogP contribution in [0.3, 0.4) is 0 Å². The van der Waals surface area contributed by atoms with E-state index < -0.39 is 0 Å². The second kappa shape index (κ2) is 6.57. The molecule has 4 nitrogen and oxygen atoms in total. The molecule has 0 heterocycles. The van der Waals surface area contributed by atoms with Crippen molar-refractivity contribution < 1.29 is 9.90 Å². The van der Waals surface area contributed by atoms with E-state index in [9.17, 15) is 9.90 Å². The number of nitrogens with one attached hydrogen (secondary N) is 2. The molecule has 1 aliphatic rings. The summed E-state index contributed by atoms with van der Waals surface area (Å²) in [5.41, 5.74) is 1.53. The molecule has 1 amide bonds. The maximum Gasteiger partial charge on any atom is 0.253 e. The summed E-state index contributed by atoms with van der Waals surface area (Å²) >= 11 is 0. The maximum atomic E-state index is 12.3. The number of amides is 1. The lowest BCUT2D eigenvalue weighted by Gasteiger charge is -2.27. The molecule has 0 spiro atoms. The number of anilines is 1. The van der Waals surface area contributed by atoms with Gasteiger partial charge in [-0.25, -0.2) is 0 Å². The number of para-hydroxylation sites is 1. The molecule has 0 radical (unpaired) electrons. The molecule has 104 valence electrons. The Morgan fingerprint density at radius 1 is 1.37 bits per heavy atom. The SMILES string of the molecule is CCNc1ccccc1C(=O)NC1CCCC(O)C1. The van der Waals surface area contributed by atoms with Crippen molar-refractivity contribution in [2.24, 2.45) is 0 Å². The summed E-state index contributed by atoms with van der Waals surface area (Å²) in [5, 5.41) is 15.9. The van der Waals surface area contributed by atoms with E-state index in [4.69, 9.17) is 0 Å². The molecule has 1 aromatic rings. The zero-order chi connectivity index (χ0) is 13.7. The van der Waals surface area contributed by atoms with Gasteiger partial charge in [-0.05, 0) is 44.7 Å². The fourth-order valence-electron chi connectivity index (χ4n) is 2.58. The van der Waals surface area contributed by atoms with Crippen molar-refractivity contribution in [3.8, 4) is 0 Å². The number of benzene rings is 1. The average Bonchev–Trinajstić information content (AvgIpc) is 2.39. The first kappa shape index (κ1) is 13.9. The van der Waals surface area contributed by atoms with Gasteiger partial charge in [-0.1, -0.05) is 12.1 Å². The zero-order valence-corrected chi connectivity index (χ0v) is 11.4. The van der Waals surface area contributed by atoms with E-state index >= 15 is 0 Å². The van der Waals surface area contributed by atoms with Gasteiger partial charge < -0.3 is 15.7 Å². The normalized spacial score (nSPS) is 22.8. The van der Waals surface area contributed by atoms with Crippen molar-refractivity contribution in [2.75, 3.05) is 11.9 Å². The lowest BCUT2D eigenvalue weighted by atomic mass is 9.93. The Hall–Kier alpha value is -1.55. The Kier molecular flexibility index (Phi) is 4.80. The number of carbonyl (C=O) groups is 1. The third-order valence-electron chi connectivity index (χ3n) is 3.52. The first-order valence-corrected chi connectivity index (χ1v) is 7.02. The van der Waals surface area contributed by atoms with Crippen LogP contribution in [-0.2, 0) is 0 Å². The van der Waals surface area contributed by atoms with Crippen LogP contribution < -0.4 is 10.6 Å². The van der Waals surface area contributed by atoms with E-state index in [1.54, 1.807) is 0 Å². The van der Waals surface area contributed by atoms with Crippen LogP contribution in [0.25, 0.3) is 0 Å².